The molecule has 1 rings (SSSR count). The van der Waals surface area contributed by atoms with Crippen molar-refractivity contribution in [3.8, 4) is 11.5 Å². The maximum atomic E-state index is 13.5. The lowest BCUT2D eigenvalue weighted by atomic mass is 10.0. The van der Waals surface area contributed by atoms with Crippen LogP contribution in [0.5, 0.6) is 11.5 Å². The highest BCUT2D eigenvalue weighted by Gasteiger charge is 2.20. The molecule has 2 N–H and O–H groups in total. The molecule has 0 amide bonds. The maximum Gasteiger partial charge on any atom is 0.208 e. The third-order valence-electron chi connectivity index (χ3n) is 2.19. The van der Waals surface area contributed by atoms with Crippen molar-refractivity contribution in [3.63, 3.8) is 0 Å². The van der Waals surface area contributed by atoms with Crippen LogP contribution in [0.4, 0.5) is 4.39 Å². The molecule has 0 fully saturated rings. The van der Waals surface area contributed by atoms with E-state index in [1.165, 1.54) is 13.2 Å². The fourth-order valence-electron chi connectivity index (χ4n) is 1.28. The highest BCUT2D eigenvalue weighted by atomic mass is 35.5. The van der Waals surface area contributed by atoms with E-state index < -0.39 is 11.6 Å². The van der Waals surface area contributed by atoms with E-state index in [-0.39, 0.29) is 23.3 Å². The summed E-state index contributed by atoms with van der Waals surface area (Å²) >= 11 is 5.62. The van der Waals surface area contributed by atoms with Crippen LogP contribution in [0.2, 0.25) is 5.02 Å². The highest BCUT2D eigenvalue weighted by molar-refractivity contribution is 6.32. The van der Waals surface area contributed by atoms with E-state index in [4.69, 9.17) is 21.4 Å². The van der Waals surface area contributed by atoms with Crippen LogP contribution in [0.1, 0.15) is 18.4 Å². The first-order valence-electron chi connectivity index (χ1n) is 4.38. The third kappa shape index (κ3) is 2.16. The summed E-state index contributed by atoms with van der Waals surface area (Å²) in [5.74, 6) is -1.94. The highest BCUT2D eigenvalue weighted by Crippen LogP contribution is 2.39. The summed E-state index contributed by atoms with van der Waals surface area (Å²) in [5.41, 5.74) is 0.431. The number of phenols is 1. The van der Waals surface area contributed by atoms with Gasteiger partial charge in [0, 0.05) is 18.1 Å². The van der Waals surface area contributed by atoms with Crippen LogP contribution in [0.3, 0.4) is 0 Å². The van der Waals surface area contributed by atoms with Gasteiger partial charge in [-0.25, -0.2) is 0 Å². The lowest BCUT2D eigenvalue weighted by Gasteiger charge is -2.15. The monoisotopic (exact) mass is 234 g/mol. The number of rotatable bonds is 3. The van der Waals surface area contributed by atoms with Gasteiger partial charge in [0.05, 0.1) is 12.1 Å². The minimum absolute atomic E-state index is 0.0848. The molecule has 0 aliphatic rings. The van der Waals surface area contributed by atoms with Crippen LogP contribution in [-0.2, 0) is 0 Å². The molecule has 0 spiro atoms. The van der Waals surface area contributed by atoms with Crippen molar-refractivity contribution >= 4 is 11.6 Å². The van der Waals surface area contributed by atoms with Crippen LogP contribution in [0.25, 0.3) is 0 Å². The molecule has 0 saturated carbocycles. The van der Waals surface area contributed by atoms with Gasteiger partial charge < -0.3 is 14.9 Å². The molecule has 5 heteroatoms. The average molecular weight is 235 g/mol. The fourth-order valence-corrected chi connectivity index (χ4v) is 1.48. The summed E-state index contributed by atoms with van der Waals surface area (Å²) in [6, 6.07) is 1.39. The molecule has 15 heavy (non-hydrogen) atoms. The maximum absolute atomic E-state index is 13.5. The van der Waals surface area contributed by atoms with Crippen molar-refractivity contribution in [3.05, 3.63) is 22.5 Å². The molecule has 0 aromatic heterocycles. The number of phenolic OH excluding ortho intramolecular Hbond substituents is 1. The second-order valence-corrected chi connectivity index (χ2v) is 3.63. The van der Waals surface area contributed by atoms with Crippen LogP contribution in [-0.4, -0.2) is 23.9 Å². The second kappa shape index (κ2) is 4.68. The van der Waals surface area contributed by atoms with Gasteiger partial charge in [0.15, 0.2) is 11.5 Å². The number of aliphatic hydroxyl groups excluding tert-OH is 1. The Balaban J connectivity index is 3.38. The predicted molar refractivity (Wildman–Crippen MR) is 55.1 cm³/mol. The third-order valence-corrected chi connectivity index (χ3v) is 2.47. The molecule has 1 atom stereocenters. The summed E-state index contributed by atoms with van der Waals surface area (Å²) in [4.78, 5) is 0. The summed E-state index contributed by atoms with van der Waals surface area (Å²) in [5, 5.41) is 18.1. The zero-order valence-electron chi connectivity index (χ0n) is 8.42. The first-order chi connectivity index (χ1) is 7.02. The molecule has 1 aromatic carbocycles. The first-order valence-corrected chi connectivity index (χ1v) is 4.76. The summed E-state index contributed by atoms with van der Waals surface area (Å²) in [6.45, 7) is 1.54. The minimum Gasteiger partial charge on any atom is -0.504 e. The van der Waals surface area contributed by atoms with Gasteiger partial charge in [-0.05, 0) is 6.07 Å². The molecule has 0 radical (unpaired) electrons. The number of hydrogen-bond acceptors (Lipinski definition) is 3. The molecule has 0 saturated heterocycles. The summed E-state index contributed by atoms with van der Waals surface area (Å²) in [7, 11) is 1.29. The molecule has 1 aromatic rings. The molecular formula is C10H12ClFO3. The Morgan fingerprint density at radius 2 is 2.20 bits per heavy atom. The minimum atomic E-state index is -0.902. The lowest BCUT2D eigenvalue weighted by molar-refractivity contribution is 0.268. The van der Waals surface area contributed by atoms with Crippen molar-refractivity contribution in [2.24, 2.45) is 0 Å². The van der Waals surface area contributed by atoms with Gasteiger partial charge in [0.1, 0.15) is 0 Å². The lowest BCUT2D eigenvalue weighted by Crippen LogP contribution is -2.04. The molecule has 0 bridgehead atoms. The first kappa shape index (κ1) is 12.1. The summed E-state index contributed by atoms with van der Waals surface area (Å²) in [6.07, 6.45) is 0. The van der Waals surface area contributed by atoms with E-state index in [1.54, 1.807) is 6.92 Å². The Labute approximate surface area is 92.1 Å². The molecule has 3 nitrogen and oxygen atoms in total. The Morgan fingerprint density at radius 3 is 2.67 bits per heavy atom. The topological polar surface area (TPSA) is 49.7 Å². The van der Waals surface area contributed by atoms with E-state index in [0.717, 1.165) is 0 Å². The van der Waals surface area contributed by atoms with E-state index in [0.29, 0.717) is 5.56 Å². The van der Waals surface area contributed by atoms with Crippen molar-refractivity contribution in [2.45, 2.75) is 12.8 Å². The largest absolute Gasteiger partial charge is 0.504 e. The van der Waals surface area contributed by atoms with Gasteiger partial charge in [-0.3, -0.25) is 0 Å². The Hall–Kier alpha value is -1.00. The van der Waals surface area contributed by atoms with E-state index >= 15 is 0 Å². The normalized spacial score (nSPS) is 12.6. The van der Waals surface area contributed by atoms with Crippen LogP contribution in [0, 0.1) is 5.82 Å². The van der Waals surface area contributed by atoms with Gasteiger partial charge in [0.25, 0.3) is 0 Å². The van der Waals surface area contributed by atoms with Crippen LogP contribution in [0.15, 0.2) is 6.07 Å². The van der Waals surface area contributed by atoms with Crippen molar-refractivity contribution in [2.75, 3.05) is 13.7 Å². The number of ether oxygens (including phenoxy) is 1. The number of methoxy groups -OCH3 is 1. The van der Waals surface area contributed by atoms with Crippen molar-refractivity contribution in [1.29, 1.82) is 0 Å². The Morgan fingerprint density at radius 1 is 1.60 bits per heavy atom. The molecule has 84 valence electrons. The quantitative estimate of drug-likeness (QED) is 0.844. The van der Waals surface area contributed by atoms with Crippen LogP contribution >= 0.6 is 11.6 Å². The zero-order valence-corrected chi connectivity index (χ0v) is 9.18. The standard InChI is InChI=1S/C10H12ClFO3/c1-5(4-13)6-3-7(11)9(14)8(12)10(6)15-2/h3,5,13-14H,4H2,1-2H3. The molecule has 0 aliphatic heterocycles. The van der Waals surface area contributed by atoms with Gasteiger partial charge in [0.2, 0.25) is 5.82 Å². The van der Waals surface area contributed by atoms with Crippen LogP contribution < -0.4 is 4.74 Å². The predicted octanol–water partition coefficient (Wildman–Crippen LogP) is 2.29. The fraction of sp³-hybridized carbons (Fsp3) is 0.400. The number of hydrogen-bond donors (Lipinski definition) is 2. The number of aromatic hydroxyl groups is 1. The van der Waals surface area contributed by atoms with Gasteiger partial charge in [-0.1, -0.05) is 18.5 Å². The smallest absolute Gasteiger partial charge is 0.208 e. The average Bonchev–Trinajstić information content (AvgIpc) is 2.24. The second-order valence-electron chi connectivity index (χ2n) is 3.23. The van der Waals surface area contributed by atoms with Gasteiger partial charge in [-0.15, -0.1) is 0 Å². The molecule has 0 heterocycles. The SMILES string of the molecule is COc1c(C(C)CO)cc(Cl)c(O)c1F. The van der Waals surface area contributed by atoms with E-state index in [2.05, 4.69) is 0 Å². The van der Waals surface area contributed by atoms with Crippen molar-refractivity contribution < 1.29 is 19.3 Å². The van der Waals surface area contributed by atoms with Gasteiger partial charge >= 0.3 is 0 Å². The number of halogens is 2. The van der Waals surface area contributed by atoms with Gasteiger partial charge in [-0.2, -0.15) is 4.39 Å². The Bertz CT molecular complexity index is 368. The molecule has 0 aliphatic carbocycles. The Kier molecular flexibility index (Phi) is 3.77. The number of benzene rings is 1. The van der Waals surface area contributed by atoms with E-state index in [9.17, 15) is 9.50 Å². The summed E-state index contributed by atoms with van der Waals surface area (Å²) < 4.78 is 18.3. The number of aliphatic hydroxyl groups is 1. The molecular weight excluding hydrogens is 223 g/mol. The molecule has 1 unspecified atom stereocenters. The van der Waals surface area contributed by atoms with E-state index in [1.807, 2.05) is 0 Å². The zero-order chi connectivity index (χ0) is 11.6. The van der Waals surface area contributed by atoms with Crippen molar-refractivity contribution in [1.82, 2.24) is 0 Å².